The van der Waals surface area contributed by atoms with Gasteiger partial charge in [0.1, 0.15) is 5.82 Å². The summed E-state index contributed by atoms with van der Waals surface area (Å²) in [6.07, 6.45) is 7.25. The minimum atomic E-state index is 0.118. The third-order valence-corrected chi connectivity index (χ3v) is 4.40. The highest BCUT2D eigenvalue weighted by Crippen LogP contribution is 2.25. The third-order valence-electron chi connectivity index (χ3n) is 4.17. The summed E-state index contributed by atoms with van der Waals surface area (Å²) in [6.45, 7) is 0.591. The Morgan fingerprint density at radius 3 is 2.86 bits per heavy atom. The van der Waals surface area contributed by atoms with Gasteiger partial charge in [0, 0.05) is 17.0 Å². The van der Waals surface area contributed by atoms with Crippen LogP contribution >= 0.6 is 11.6 Å². The molecule has 4 nitrogen and oxygen atoms in total. The van der Waals surface area contributed by atoms with Gasteiger partial charge in [-0.15, -0.1) is 0 Å². The van der Waals surface area contributed by atoms with Crippen LogP contribution in [0.1, 0.15) is 37.7 Å². The quantitative estimate of drug-likeness (QED) is 0.922. The molecule has 116 valence electrons. The Hall–Kier alpha value is -1.81. The third kappa shape index (κ3) is 3.69. The van der Waals surface area contributed by atoms with Crippen molar-refractivity contribution in [3.8, 4) is 0 Å². The average Bonchev–Trinajstić information content (AvgIpc) is 2.95. The van der Waals surface area contributed by atoms with Crippen LogP contribution in [0.15, 0.2) is 36.5 Å². The smallest absolute Gasteiger partial charge is 0.228 e. The van der Waals surface area contributed by atoms with Gasteiger partial charge in [0.25, 0.3) is 0 Å². The van der Waals surface area contributed by atoms with Crippen LogP contribution in [0.2, 0.25) is 5.02 Å². The number of hydrogen-bond acceptors (Lipinski definition) is 2. The molecule has 0 aliphatic heterocycles. The summed E-state index contributed by atoms with van der Waals surface area (Å²) in [5.74, 6) is 1.01. The molecule has 1 aliphatic rings. The maximum absolute atomic E-state index is 12.4. The maximum Gasteiger partial charge on any atom is 0.228 e. The van der Waals surface area contributed by atoms with E-state index in [4.69, 9.17) is 11.6 Å². The van der Waals surface area contributed by atoms with Crippen LogP contribution in [0, 0.1) is 5.92 Å². The number of hydrogen-bond donors (Lipinski definition) is 1. The molecule has 1 saturated carbocycles. The molecular weight excluding hydrogens is 298 g/mol. The molecule has 0 spiro atoms. The van der Waals surface area contributed by atoms with Crippen molar-refractivity contribution in [1.29, 1.82) is 0 Å². The van der Waals surface area contributed by atoms with Gasteiger partial charge in [-0.05, 0) is 30.5 Å². The molecule has 3 rings (SSSR count). The van der Waals surface area contributed by atoms with Crippen LogP contribution in [0.4, 0.5) is 5.82 Å². The predicted molar refractivity (Wildman–Crippen MR) is 88.0 cm³/mol. The van der Waals surface area contributed by atoms with Gasteiger partial charge in [0.05, 0.1) is 12.7 Å². The first-order chi connectivity index (χ1) is 10.7. The fourth-order valence-electron chi connectivity index (χ4n) is 2.97. The van der Waals surface area contributed by atoms with Crippen LogP contribution in [-0.4, -0.2) is 15.7 Å². The van der Waals surface area contributed by atoms with E-state index in [1.165, 1.54) is 6.42 Å². The molecule has 1 aromatic heterocycles. The Kier molecular flexibility index (Phi) is 4.78. The van der Waals surface area contributed by atoms with Gasteiger partial charge in [-0.25, -0.2) is 4.68 Å². The lowest BCUT2D eigenvalue weighted by Gasteiger charge is -2.21. The van der Waals surface area contributed by atoms with E-state index in [1.807, 2.05) is 30.3 Å². The second-order valence-electron chi connectivity index (χ2n) is 5.83. The second-order valence-corrected chi connectivity index (χ2v) is 6.26. The van der Waals surface area contributed by atoms with Gasteiger partial charge < -0.3 is 5.32 Å². The standard InChI is InChI=1S/C17H20ClN3O/c18-15-8-4-5-13(11-15)12-21-16(9-10-19-21)20-17(22)14-6-2-1-3-7-14/h4-5,8-11,14H,1-3,6-7,12H2,(H,20,22). The Balaban J connectivity index is 1.68. The summed E-state index contributed by atoms with van der Waals surface area (Å²) in [5, 5.41) is 8.03. The molecule has 0 radical (unpaired) electrons. The monoisotopic (exact) mass is 317 g/mol. The van der Waals surface area contributed by atoms with Crippen LogP contribution < -0.4 is 5.32 Å². The van der Waals surface area contributed by atoms with E-state index in [-0.39, 0.29) is 11.8 Å². The Morgan fingerprint density at radius 2 is 2.09 bits per heavy atom. The first-order valence-corrected chi connectivity index (χ1v) is 8.17. The highest BCUT2D eigenvalue weighted by molar-refractivity contribution is 6.30. The number of carbonyl (C=O) groups excluding carboxylic acids is 1. The number of amides is 1. The van der Waals surface area contributed by atoms with E-state index >= 15 is 0 Å². The normalized spacial score (nSPS) is 15.7. The summed E-state index contributed by atoms with van der Waals surface area (Å²) in [7, 11) is 0. The van der Waals surface area contributed by atoms with Crippen molar-refractivity contribution in [2.45, 2.75) is 38.6 Å². The van der Waals surface area contributed by atoms with Crippen molar-refractivity contribution in [3.05, 3.63) is 47.1 Å². The highest BCUT2D eigenvalue weighted by Gasteiger charge is 2.21. The number of nitrogens with one attached hydrogen (secondary N) is 1. The summed E-state index contributed by atoms with van der Waals surface area (Å²) >= 11 is 6.01. The van der Waals surface area contributed by atoms with Gasteiger partial charge in [-0.3, -0.25) is 4.79 Å². The van der Waals surface area contributed by atoms with Gasteiger partial charge in [0.2, 0.25) is 5.91 Å². The Bertz CT molecular complexity index is 647. The van der Waals surface area contributed by atoms with Gasteiger partial charge >= 0.3 is 0 Å². The fourth-order valence-corrected chi connectivity index (χ4v) is 3.18. The molecule has 22 heavy (non-hydrogen) atoms. The second kappa shape index (κ2) is 6.97. The average molecular weight is 318 g/mol. The van der Waals surface area contributed by atoms with Crippen LogP contribution in [0.25, 0.3) is 0 Å². The molecule has 0 atom stereocenters. The molecule has 1 N–H and O–H groups in total. The van der Waals surface area contributed by atoms with E-state index in [0.29, 0.717) is 11.6 Å². The van der Waals surface area contributed by atoms with Crippen molar-refractivity contribution in [2.75, 3.05) is 5.32 Å². The molecule has 2 aromatic rings. The van der Waals surface area contributed by atoms with Crippen LogP contribution in [0.5, 0.6) is 0 Å². The number of carbonyl (C=O) groups is 1. The van der Waals surface area contributed by atoms with Crippen molar-refractivity contribution >= 4 is 23.3 Å². The van der Waals surface area contributed by atoms with E-state index < -0.39 is 0 Å². The van der Waals surface area contributed by atoms with E-state index in [1.54, 1.807) is 10.9 Å². The summed E-state index contributed by atoms with van der Waals surface area (Å²) in [4.78, 5) is 12.4. The number of anilines is 1. The molecule has 5 heteroatoms. The van der Waals surface area contributed by atoms with Crippen molar-refractivity contribution in [2.24, 2.45) is 5.92 Å². The lowest BCUT2D eigenvalue weighted by Crippen LogP contribution is -2.26. The zero-order valence-corrected chi connectivity index (χ0v) is 13.2. The van der Waals surface area contributed by atoms with Gasteiger partial charge in [-0.1, -0.05) is 43.0 Å². The molecule has 0 unspecified atom stereocenters. The lowest BCUT2D eigenvalue weighted by atomic mass is 9.89. The van der Waals surface area contributed by atoms with E-state index in [2.05, 4.69) is 10.4 Å². The molecule has 1 aromatic carbocycles. The number of aromatic nitrogens is 2. The molecule has 1 aliphatic carbocycles. The summed E-state index contributed by atoms with van der Waals surface area (Å²) in [6, 6.07) is 9.52. The zero-order valence-electron chi connectivity index (χ0n) is 12.5. The molecular formula is C17H20ClN3O. The lowest BCUT2D eigenvalue weighted by molar-refractivity contribution is -0.120. The molecule has 0 saturated heterocycles. The zero-order chi connectivity index (χ0) is 15.4. The van der Waals surface area contributed by atoms with Gasteiger partial charge in [0.15, 0.2) is 0 Å². The first-order valence-electron chi connectivity index (χ1n) is 7.79. The fraction of sp³-hybridized carbons (Fsp3) is 0.412. The van der Waals surface area contributed by atoms with E-state index in [0.717, 1.165) is 37.1 Å². The van der Waals surface area contributed by atoms with Crippen LogP contribution in [0.3, 0.4) is 0 Å². The van der Waals surface area contributed by atoms with Crippen molar-refractivity contribution in [3.63, 3.8) is 0 Å². The number of halogens is 1. The summed E-state index contributed by atoms with van der Waals surface area (Å²) < 4.78 is 1.80. The molecule has 0 bridgehead atoms. The molecule has 1 heterocycles. The number of nitrogens with zero attached hydrogens (tertiary/aromatic N) is 2. The summed E-state index contributed by atoms with van der Waals surface area (Å²) in [5.41, 5.74) is 1.06. The van der Waals surface area contributed by atoms with Gasteiger partial charge in [-0.2, -0.15) is 5.10 Å². The van der Waals surface area contributed by atoms with Crippen molar-refractivity contribution < 1.29 is 4.79 Å². The Labute approximate surface area is 135 Å². The largest absolute Gasteiger partial charge is 0.311 e. The predicted octanol–water partition coefficient (Wildman–Crippen LogP) is 4.10. The van der Waals surface area contributed by atoms with Crippen LogP contribution in [-0.2, 0) is 11.3 Å². The Morgan fingerprint density at radius 1 is 1.27 bits per heavy atom. The maximum atomic E-state index is 12.4. The minimum absolute atomic E-state index is 0.118. The molecule has 1 amide bonds. The number of benzene rings is 1. The molecule has 1 fully saturated rings. The SMILES string of the molecule is O=C(Nc1ccnn1Cc1cccc(Cl)c1)C1CCCCC1. The topological polar surface area (TPSA) is 46.9 Å². The first kappa shape index (κ1) is 15.1. The number of rotatable bonds is 4. The highest BCUT2D eigenvalue weighted by atomic mass is 35.5. The van der Waals surface area contributed by atoms with E-state index in [9.17, 15) is 4.79 Å². The minimum Gasteiger partial charge on any atom is -0.311 e. The van der Waals surface area contributed by atoms with Crippen molar-refractivity contribution in [1.82, 2.24) is 9.78 Å².